The number of thioether (sulfide) groups is 1. The van der Waals surface area contributed by atoms with Gasteiger partial charge in [0, 0.05) is 17.0 Å². The highest BCUT2D eigenvalue weighted by Gasteiger charge is 2.20. The Morgan fingerprint density at radius 2 is 2.17 bits per heavy atom. The van der Waals surface area contributed by atoms with Crippen LogP contribution in [0.4, 0.5) is 0 Å². The third-order valence-corrected chi connectivity index (χ3v) is 3.90. The van der Waals surface area contributed by atoms with Gasteiger partial charge >= 0.3 is 0 Å². The van der Waals surface area contributed by atoms with Crippen LogP contribution < -0.4 is 9.86 Å². The van der Waals surface area contributed by atoms with Gasteiger partial charge in [0.2, 0.25) is 0 Å². The van der Waals surface area contributed by atoms with Gasteiger partial charge in [-0.15, -0.1) is 0 Å². The van der Waals surface area contributed by atoms with Crippen LogP contribution >= 0.6 is 11.8 Å². The largest absolute Gasteiger partial charge is 0.274 e. The molecule has 1 rings (SSSR count). The van der Waals surface area contributed by atoms with E-state index in [1.165, 1.54) is 0 Å². The fourth-order valence-corrected chi connectivity index (χ4v) is 3.09. The Kier molecular flexibility index (Phi) is 3.39. The van der Waals surface area contributed by atoms with E-state index in [1.807, 2.05) is 0 Å². The van der Waals surface area contributed by atoms with Crippen molar-refractivity contribution in [3.8, 4) is 0 Å². The molecule has 0 aromatic heterocycles. The van der Waals surface area contributed by atoms with Gasteiger partial charge < -0.3 is 0 Å². The zero-order valence-electron chi connectivity index (χ0n) is 6.99. The molecule has 1 aliphatic rings. The standard InChI is InChI=1S/C6H14N2O2S2/c1-5-2-3-6(4-11-5)8-12(7,9)10/h5-6,8H,2-4H2,1H3,(H2,7,9,10). The lowest BCUT2D eigenvalue weighted by atomic mass is 10.1. The molecule has 6 heteroatoms. The van der Waals surface area contributed by atoms with E-state index in [0.29, 0.717) is 5.25 Å². The van der Waals surface area contributed by atoms with Crippen molar-refractivity contribution in [2.24, 2.45) is 5.14 Å². The minimum atomic E-state index is -3.50. The Bertz CT molecular complexity index is 232. The molecule has 0 aliphatic carbocycles. The Morgan fingerprint density at radius 1 is 1.50 bits per heavy atom. The quantitative estimate of drug-likeness (QED) is 0.677. The SMILES string of the molecule is CC1CCC(NS(N)(=O)=O)CS1. The van der Waals surface area contributed by atoms with Gasteiger partial charge in [-0.2, -0.15) is 24.9 Å². The molecule has 2 unspecified atom stereocenters. The van der Waals surface area contributed by atoms with E-state index in [0.717, 1.165) is 18.6 Å². The van der Waals surface area contributed by atoms with Crippen molar-refractivity contribution in [1.82, 2.24) is 4.72 Å². The molecule has 4 nitrogen and oxygen atoms in total. The summed E-state index contributed by atoms with van der Waals surface area (Å²) < 4.78 is 23.7. The molecule has 1 fully saturated rings. The molecule has 0 saturated carbocycles. The number of nitrogens with two attached hydrogens (primary N) is 1. The van der Waals surface area contributed by atoms with Gasteiger partial charge in [-0.3, -0.25) is 0 Å². The van der Waals surface area contributed by atoms with Crippen LogP contribution in [0, 0.1) is 0 Å². The average molecular weight is 210 g/mol. The van der Waals surface area contributed by atoms with Crippen LogP contribution in [0.2, 0.25) is 0 Å². The van der Waals surface area contributed by atoms with Crippen LogP contribution in [0.15, 0.2) is 0 Å². The van der Waals surface area contributed by atoms with Gasteiger partial charge in [-0.05, 0) is 12.8 Å². The molecule has 1 heterocycles. The topological polar surface area (TPSA) is 72.2 Å². The lowest BCUT2D eigenvalue weighted by Crippen LogP contribution is -2.42. The van der Waals surface area contributed by atoms with Crippen LogP contribution in [0.25, 0.3) is 0 Å². The summed E-state index contributed by atoms with van der Waals surface area (Å²) in [5, 5.41) is 5.49. The first-order chi connectivity index (χ1) is 5.47. The third-order valence-electron chi connectivity index (χ3n) is 1.83. The van der Waals surface area contributed by atoms with E-state index in [4.69, 9.17) is 5.14 Å². The second-order valence-corrected chi connectivity index (χ2v) is 5.88. The molecule has 12 heavy (non-hydrogen) atoms. The molecule has 0 amide bonds. The van der Waals surface area contributed by atoms with Crippen molar-refractivity contribution in [1.29, 1.82) is 0 Å². The van der Waals surface area contributed by atoms with Crippen molar-refractivity contribution in [3.05, 3.63) is 0 Å². The maximum Gasteiger partial charge on any atom is 0.274 e. The summed E-state index contributed by atoms with van der Waals surface area (Å²) in [6.07, 6.45) is 1.95. The van der Waals surface area contributed by atoms with Gasteiger partial charge in [0.25, 0.3) is 10.2 Å². The summed E-state index contributed by atoms with van der Waals surface area (Å²) in [4.78, 5) is 0. The van der Waals surface area contributed by atoms with Gasteiger partial charge in [-0.25, -0.2) is 5.14 Å². The Hall–Kier alpha value is 0.220. The Balaban J connectivity index is 2.36. The molecule has 0 aromatic rings. The molecule has 1 aliphatic heterocycles. The summed E-state index contributed by atoms with van der Waals surface area (Å²) in [5.74, 6) is 0.831. The zero-order valence-corrected chi connectivity index (χ0v) is 8.62. The minimum Gasteiger partial charge on any atom is -0.216 e. The fraction of sp³-hybridized carbons (Fsp3) is 1.00. The molecule has 0 spiro atoms. The molecular formula is C6H14N2O2S2. The second kappa shape index (κ2) is 3.95. The van der Waals surface area contributed by atoms with Gasteiger partial charge in [-0.1, -0.05) is 6.92 Å². The molecule has 1 saturated heterocycles. The molecule has 0 bridgehead atoms. The van der Waals surface area contributed by atoms with Crippen molar-refractivity contribution in [3.63, 3.8) is 0 Å². The van der Waals surface area contributed by atoms with Crippen molar-refractivity contribution in [2.75, 3.05) is 5.75 Å². The van der Waals surface area contributed by atoms with Crippen molar-refractivity contribution >= 4 is 22.0 Å². The molecule has 2 atom stereocenters. The summed E-state index contributed by atoms with van der Waals surface area (Å²) in [5.41, 5.74) is 0. The van der Waals surface area contributed by atoms with Crippen LogP contribution in [-0.2, 0) is 10.2 Å². The van der Waals surface area contributed by atoms with E-state index in [1.54, 1.807) is 11.8 Å². The number of nitrogens with one attached hydrogen (secondary N) is 1. The van der Waals surface area contributed by atoms with Gasteiger partial charge in [0.05, 0.1) is 0 Å². The van der Waals surface area contributed by atoms with E-state index in [2.05, 4.69) is 11.6 Å². The maximum atomic E-state index is 10.6. The van der Waals surface area contributed by atoms with Gasteiger partial charge in [0.15, 0.2) is 0 Å². The Labute approximate surface area is 77.5 Å². The van der Waals surface area contributed by atoms with Crippen molar-refractivity contribution < 1.29 is 8.42 Å². The van der Waals surface area contributed by atoms with E-state index in [-0.39, 0.29) is 6.04 Å². The summed E-state index contributed by atoms with van der Waals surface area (Å²) >= 11 is 1.78. The predicted molar refractivity (Wildman–Crippen MR) is 51.2 cm³/mol. The maximum absolute atomic E-state index is 10.6. The first-order valence-corrected chi connectivity index (χ1v) is 6.48. The highest BCUT2D eigenvalue weighted by Crippen LogP contribution is 2.24. The molecule has 0 radical (unpaired) electrons. The molecule has 72 valence electrons. The van der Waals surface area contributed by atoms with Crippen LogP contribution in [0.3, 0.4) is 0 Å². The lowest BCUT2D eigenvalue weighted by molar-refractivity contribution is 0.532. The minimum absolute atomic E-state index is 0.0289. The highest BCUT2D eigenvalue weighted by atomic mass is 32.2. The van der Waals surface area contributed by atoms with Crippen LogP contribution in [0.5, 0.6) is 0 Å². The van der Waals surface area contributed by atoms with E-state index < -0.39 is 10.2 Å². The smallest absolute Gasteiger partial charge is 0.216 e. The first kappa shape index (κ1) is 10.3. The monoisotopic (exact) mass is 210 g/mol. The molecule has 3 N–H and O–H groups in total. The third kappa shape index (κ3) is 3.75. The van der Waals surface area contributed by atoms with Crippen molar-refractivity contribution in [2.45, 2.75) is 31.1 Å². The first-order valence-electron chi connectivity index (χ1n) is 3.89. The number of hydrogen-bond acceptors (Lipinski definition) is 3. The Morgan fingerprint density at radius 3 is 2.58 bits per heavy atom. The summed E-state index contributed by atoms with van der Waals surface area (Å²) in [7, 11) is -3.50. The number of rotatable bonds is 2. The second-order valence-electron chi connectivity index (χ2n) is 3.08. The van der Waals surface area contributed by atoms with Gasteiger partial charge in [0.1, 0.15) is 0 Å². The summed E-state index contributed by atoms with van der Waals surface area (Å²) in [6.45, 7) is 2.15. The van der Waals surface area contributed by atoms with E-state index in [9.17, 15) is 8.42 Å². The van der Waals surface area contributed by atoms with E-state index >= 15 is 0 Å². The lowest BCUT2D eigenvalue weighted by Gasteiger charge is -2.25. The molecular weight excluding hydrogens is 196 g/mol. The number of hydrogen-bond donors (Lipinski definition) is 2. The zero-order chi connectivity index (χ0) is 9.19. The normalized spacial score (nSPS) is 31.8. The highest BCUT2D eigenvalue weighted by molar-refractivity contribution is 8.00. The molecule has 0 aromatic carbocycles. The van der Waals surface area contributed by atoms with Crippen LogP contribution in [-0.4, -0.2) is 25.5 Å². The average Bonchev–Trinajstić information content (AvgIpc) is 1.91. The van der Waals surface area contributed by atoms with Crippen LogP contribution in [0.1, 0.15) is 19.8 Å². The summed E-state index contributed by atoms with van der Waals surface area (Å²) in [6, 6.07) is 0.0289. The predicted octanol–water partition coefficient (Wildman–Crippen LogP) is 0.0636. The fourth-order valence-electron chi connectivity index (χ4n) is 1.21.